The lowest BCUT2D eigenvalue weighted by Gasteiger charge is -2.11. The molecular weight excluding hydrogens is 334 g/mol. The highest BCUT2D eigenvalue weighted by molar-refractivity contribution is 7.99. The van der Waals surface area contributed by atoms with Gasteiger partial charge in [0.2, 0.25) is 5.91 Å². The van der Waals surface area contributed by atoms with Crippen LogP contribution < -0.4 is 14.8 Å². The van der Waals surface area contributed by atoms with E-state index in [1.165, 1.54) is 0 Å². The Kier molecular flexibility index (Phi) is 7.37. The van der Waals surface area contributed by atoms with Crippen molar-refractivity contribution in [2.24, 2.45) is 5.92 Å². The summed E-state index contributed by atoms with van der Waals surface area (Å²) in [6.07, 6.45) is 1.86. The fourth-order valence-corrected chi connectivity index (χ4v) is 3.26. The molecule has 0 saturated carbocycles. The molecule has 1 heterocycles. The molecule has 0 bridgehead atoms. The van der Waals surface area contributed by atoms with Crippen molar-refractivity contribution in [1.82, 2.24) is 5.32 Å². The fraction of sp³-hybridized carbons (Fsp3) is 0.588. The van der Waals surface area contributed by atoms with E-state index in [1.54, 1.807) is 11.8 Å². The number of hydrogen-bond donors (Lipinski definition) is 1. The Balaban J connectivity index is 1.81. The van der Waals surface area contributed by atoms with Gasteiger partial charge in [-0.3, -0.25) is 4.79 Å². The number of fused-ring (bicyclic) bond motifs is 1. The Morgan fingerprint density at radius 3 is 2.91 bits per heavy atom. The number of amides is 1. The van der Waals surface area contributed by atoms with Crippen LogP contribution in [0.2, 0.25) is 5.02 Å². The van der Waals surface area contributed by atoms with Crippen molar-refractivity contribution in [2.75, 3.05) is 25.5 Å². The van der Waals surface area contributed by atoms with Crippen LogP contribution >= 0.6 is 23.4 Å². The van der Waals surface area contributed by atoms with Crippen molar-refractivity contribution in [3.63, 3.8) is 0 Å². The van der Waals surface area contributed by atoms with E-state index in [9.17, 15) is 4.79 Å². The van der Waals surface area contributed by atoms with Crippen LogP contribution in [0.3, 0.4) is 0 Å². The zero-order valence-corrected chi connectivity index (χ0v) is 15.3. The number of rotatable bonds is 7. The summed E-state index contributed by atoms with van der Waals surface area (Å²) >= 11 is 7.84. The Labute approximate surface area is 147 Å². The molecule has 1 aliphatic rings. The molecule has 4 nitrogen and oxygen atoms in total. The number of ether oxygens (including phenoxy) is 2. The third-order valence-electron chi connectivity index (χ3n) is 3.41. The van der Waals surface area contributed by atoms with Crippen LogP contribution in [0.15, 0.2) is 12.1 Å². The average molecular weight is 358 g/mol. The highest BCUT2D eigenvalue weighted by atomic mass is 35.5. The van der Waals surface area contributed by atoms with Crippen LogP contribution in [-0.2, 0) is 10.5 Å². The van der Waals surface area contributed by atoms with E-state index in [0.717, 1.165) is 24.9 Å². The van der Waals surface area contributed by atoms with Crippen LogP contribution in [0.4, 0.5) is 0 Å². The van der Waals surface area contributed by atoms with Crippen molar-refractivity contribution in [3.8, 4) is 11.5 Å². The van der Waals surface area contributed by atoms with E-state index in [4.69, 9.17) is 21.1 Å². The van der Waals surface area contributed by atoms with Gasteiger partial charge in [0.1, 0.15) is 0 Å². The second-order valence-electron chi connectivity index (χ2n) is 5.98. The lowest BCUT2D eigenvalue weighted by atomic mass is 10.1. The van der Waals surface area contributed by atoms with Gasteiger partial charge in [0.15, 0.2) is 11.5 Å². The number of carbonyl (C=O) groups is 1. The van der Waals surface area contributed by atoms with Crippen molar-refractivity contribution < 1.29 is 14.3 Å². The van der Waals surface area contributed by atoms with Gasteiger partial charge in [-0.2, -0.15) is 0 Å². The van der Waals surface area contributed by atoms with E-state index in [2.05, 4.69) is 19.2 Å². The normalized spacial score (nSPS) is 13.7. The minimum atomic E-state index is 0.0797. The van der Waals surface area contributed by atoms with Gasteiger partial charge in [0.25, 0.3) is 0 Å². The maximum absolute atomic E-state index is 11.8. The first-order valence-corrected chi connectivity index (χ1v) is 9.52. The van der Waals surface area contributed by atoms with Crippen LogP contribution in [0, 0.1) is 5.92 Å². The lowest BCUT2D eigenvalue weighted by Crippen LogP contribution is -2.26. The highest BCUT2D eigenvalue weighted by Gasteiger charge is 2.15. The summed E-state index contributed by atoms with van der Waals surface area (Å²) in [6.45, 7) is 6.30. The monoisotopic (exact) mass is 357 g/mol. The molecule has 0 unspecified atom stereocenters. The summed E-state index contributed by atoms with van der Waals surface area (Å²) < 4.78 is 11.3. The molecule has 6 heteroatoms. The zero-order chi connectivity index (χ0) is 16.7. The SMILES string of the molecule is CC(C)CCNC(=O)CSCc1cc(Cl)c2c(c1)OCCCO2. The van der Waals surface area contributed by atoms with Crippen molar-refractivity contribution >= 4 is 29.3 Å². The molecule has 0 aromatic heterocycles. The first kappa shape index (κ1) is 18.3. The minimum absolute atomic E-state index is 0.0797. The second-order valence-corrected chi connectivity index (χ2v) is 7.37. The van der Waals surface area contributed by atoms with Gasteiger partial charge in [0, 0.05) is 18.7 Å². The molecule has 0 fully saturated rings. The molecule has 2 rings (SSSR count). The predicted molar refractivity (Wildman–Crippen MR) is 95.7 cm³/mol. The Morgan fingerprint density at radius 1 is 1.35 bits per heavy atom. The average Bonchev–Trinajstić information content (AvgIpc) is 2.72. The van der Waals surface area contributed by atoms with Gasteiger partial charge in [-0.1, -0.05) is 25.4 Å². The van der Waals surface area contributed by atoms with Crippen molar-refractivity contribution in [1.29, 1.82) is 0 Å². The quantitative estimate of drug-likeness (QED) is 0.804. The number of carbonyl (C=O) groups excluding carboxylic acids is 1. The molecule has 0 atom stereocenters. The third-order valence-corrected chi connectivity index (χ3v) is 4.69. The standard InChI is InChI=1S/C17H24ClNO3S/c1-12(2)4-5-19-16(20)11-23-10-13-8-14(18)17-15(9-13)21-6-3-7-22-17/h8-9,12H,3-7,10-11H2,1-2H3,(H,19,20). The number of benzene rings is 1. The molecule has 23 heavy (non-hydrogen) atoms. The molecule has 1 amide bonds. The molecule has 0 aliphatic carbocycles. The minimum Gasteiger partial charge on any atom is -0.489 e. The van der Waals surface area contributed by atoms with Gasteiger partial charge < -0.3 is 14.8 Å². The van der Waals surface area contributed by atoms with E-state index in [0.29, 0.717) is 47.2 Å². The van der Waals surface area contributed by atoms with Crippen molar-refractivity contribution in [2.45, 2.75) is 32.4 Å². The van der Waals surface area contributed by atoms with Crippen LogP contribution in [0.5, 0.6) is 11.5 Å². The smallest absolute Gasteiger partial charge is 0.230 e. The van der Waals surface area contributed by atoms with Gasteiger partial charge >= 0.3 is 0 Å². The summed E-state index contributed by atoms with van der Waals surface area (Å²) in [5.41, 5.74) is 1.04. The van der Waals surface area contributed by atoms with Gasteiger partial charge in [-0.05, 0) is 30.0 Å². The topological polar surface area (TPSA) is 47.6 Å². The Hall–Kier alpha value is -1.07. The summed E-state index contributed by atoms with van der Waals surface area (Å²) in [5.74, 6) is 3.18. The Bertz CT molecular complexity index is 537. The van der Waals surface area contributed by atoms with E-state index >= 15 is 0 Å². The second kappa shape index (κ2) is 9.28. The first-order chi connectivity index (χ1) is 11.1. The largest absolute Gasteiger partial charge is 0.489 e. The molecule has 1 aromatic carbocycles. The number of thioether (sulfide) groups is 1. The predicted octanol–water partition coefficient (Wildman–Crippen LogP) is 3.90. The molecule has 1 N–H and O–H groups in total. The van der Waals surface area contributed by atoms with E-state index in [1.807, 2.05) is 12.1 Å². The Morgan fingerprint density at radius 2 is 2.13 bits per heavy atom. The van der Waals surface area contributed by atoms with Crippen LogP contribution in [-0.4, -0.2) is 31.4 Å². The lowest BCUT2D eigenvalue weighted by molar-refractivity contribution is -0.118. The highest BCUT2D eigenvalue weighted by Crippen LogP contribution is 2.38. The molecule has 0 saturated heterocycles. The molecule has 1 aromatic rings. The zero-order valence-electron chi connectivity index (χ0n) is 13.7. The summed E-state index contributed by atoms with van der Waals surface area (Å²) in [6, 6.07) is 3.84. The van der Waals surface area contributed by atoms with E-state index < -0.39 is 0 Å². The van der Waals surface area contributed by atoms with Gasteiger partial charge in [-0.25, -0.2) is 0 Å². The number of hydrogen-bond acceptors (Lipinski definition) is 4. The third kappa shape index (κ3) is 6.15. The van der Waals surface area contributed by atoms with Gasteiger partial charge in [0.05, 0.1) is 24.0 Å². The maximum atomic E-state index is 11.8. The van der Waals surface area contributed by atoms with E-state index in [-0.39, 0.29) is 5.91 Å². The molecule has 0 radical (unpaired) electrons. The van der Waals surface area contributed by atoms with Crippen LogP contribution in [0.1, 0.15) is 32.3 Å². The fourth-order valence-electron chi connectivity index (χ4n) is 2.18. The number of halogens is 1. The van der Waals surface area contributed by atoms with Crippen LogP contribution in [0.25, 0.3) is 0 Å². The van der Waals surface area contributed by atoms with Crippen molar-refractivity contribution in [3.05, 3.63) is 22.7 Å². The summed E-state index contributed by atoms with van der Waals surface area (Å²) in [7, 11) is 0. The van der Waals surface area contributed by atoms with Gasteiger partial charge in [-0.15, -0.1) is 11.8 Å². The number of nitrogens with one attached hydrogen (secondary N) is 1. The molecule has 0 spiro atoms. The summed E-state index contributed by atoms with van der Waals surface area (Å²) in [4.78, 5) is 11.8. The summed E-state index contributed by atoms with van der Waals surface area (Å²) in [5, 5.41) is 3.51. The maximum Gasteiger partial charge on any atom is 0.230 e. The molecule has 1 aliphatic heterocycles. The molecular formula is C17H24ClNO3S. The first-order valence-electron chi connectivity index (χ1n) is 7.98. The molecule has 128 valence electrons.